The molecule has 2 unspecified atom stereocenters. The number of aromatic nitrogens is 2. The lowest BCUT2D eigenvalue weighted by Gasteiger charge is -2.36. The van der Waals surface area contributed by atoms with E-state index in [9.17, 15) is 0 Å². The summed E-state index contributed by atoms with van der Waals surface area (Å²) in [4.78, 5) is 0. The Bertz CT molecular complexity index is 337. The molecule has 1 heterocycles. The van der Waals surface area contributed by atoms with Crippen LogP contribution in [0.1, 0.15) is 45.9 Å². The molecule has 0 amide bonds. The highest BCUT2D eigenvalue weighted by Gasteiger charge is 2.35. The fourth-order valence-corrected chi connectivity index (χ4v) is 2.14. The minimum Gasteiger partial charge on any atom is -0.374 e. The Kier molecular flexibility index (Phi) is 5.15. The second-order valence-corrected chi connectivity index (χ2v) is 4.50. The zero-order chi connectivity index (χ0) is 12.9. The van der Waals surface area contributed by atoms with Gasteiger partial charge in [-0.2, -0.15) is 5.10 Å². The van der Waals surface area contributed by atoms with Gasteiger partial charge in [0.05, 0.1) is 17.3 Å². The number of hydrogen-bond acceptors (Lipinski definition) is 3. The fraction of sp³-hybridized carbons (Fsp3) is 0.769. The average molecular weight is 239 g/mol. The highest BCUT2D eigenvalue weighted by atomic mass is 16.5. The normalized spacial score (nSPS) is 16.8. The summed E-state index contributed by atoms with van der Waals surface area (Å²) < 4.78 is 7.78. The Balaban J connectivity index is 2.98. The third kappa shape index (κ3) is 3.30. The molecule has 0 spiro atoms. The first kappa shape index (κ1) is 14.2. The van der Waals surface area contributed by atoms with E-state index in [1.165, 1.54) is 0 Å². The van der Waals surface area contributed by atoms with Crippen LogP contribution in [0.3, 0.4) is 0 Å². The molecular weight excluding hydrogens is 214 g/mol. The molecule has 0 saturated carbocycles. The maximum absolute atomic E-state index is 5.95. The summed E-state index contributed by atoms with van der Waals surface area (Å²) in [6.45, 7) is 10.1. The van der Waals surface area contributed by atoms with Gasteiger partial charge in [0.25, 0.3) is 0 Å². The molecule has 2 atom stereocenters. The predicted octanol–water partition coefficient (Wildman–Crippen LogP) is 2.28. The van der Waals surface area contributed by atoms with Crippen molar-refractivity contribution in [1.29, 1.82) is 0 Å². The number of aryl methyl sites for hydroxylation is 1. The summed E-state index contributed by atoms with van der Waals surface area (Å²) >= 11 is 0. The van der Waals surface area contributed by atoms with Crippen LogP contribution in [-0.2, 0) is 11.8 Å². The zero-order valence-corrected chi connectivity index (χ0v) is 11.7. The van der Waals surface area contributed by atoms with Gasteiger partial charge in [-0.25, -0.2) is 0 Å². The maximum atomic E-state index is 5.95. The van der Waals surface area contributed by atoms with Crippen LogP contribution < -0.4 is 5.32 Å². The van der Waals surface area contributed by atoms with Crippen molar-refractivity contribution >= 4 is 0 Å². The van der Waals surface area contributed by atoms with Crippen molar-refractivity contribution in [3.8, 4) is 0 Å². The number of rotatable bonds is 7. The summed E-state index contributed by atoms with van der Waals surface area (Å²) in [5.74, 6) is 0. The SMILES string of the molecule is CCNC(c1ccn(C)n1)C(C)(CC)OCC. The molecule has 0 aliphatic heterocycles. The predicted molar refractivity (Wildman–Crippen MR) is 69.9 cm³/mol. The summed E-state index contributed by atoms with van der Waals surface area (Å²) in [6, 6.07) is 2.19. The van der Waals surface area contributed by atoms with Crippen LogP contribution in [0.25, 0.3) is 0 Å². The molecule has 1 N–H and O–H groups in total. The minimum absolute atomic E-state index is 0.138. The third-order valence-corrected chi connectivity index (χ3v) is 3.22. The molecule has 0 saturated heterocycles. The molecule has 0 aliphatic rings. The van der Waals surface area contributed by atoms with Crippen LogP contribution in [0, 0.1) is 0 Å². The number of nitrogens with zero attached hydrogens (tertiary/aromatic N) is 2. The van der Waals surface area contributed by atoms with Crippen LogP contribution in [0.15, 0.2) is 12.3 Å². The first-order valence-corrected chi connectivity index (χ1v) is 6.44. The van der Waals surface area contributed by atoms with E-state index in [1.54, 1.807) is 0 Å². The van der Waals surface area contributed by atoms with Crippen LogP contribution >= 0.6 is 0 Å². The number of hydrogen-bond donors (Lipinski definition) is 1. The lowest BCUT2D eigenvalue weighted by molar-refractivity contribution is -0.0570. The molecule has 0 bridgehead atoms. The Morgan fingerprint density at radius 3 is 2.59 bits per heavy atom. The summed E-state index contributed by atoms with van der Waals surface area (Å²) in [5, 5.41) is 7.99. The standard InChI is InChI=1S/C13H25N3O/c1-6-13(4,17-8-3)12(14-7-2)11-9-10-16(5)15-11/h9-10,12,14H,6-8H2,1-5H3. The highest BCUT2D eigenvalue weighted by Crippen LogP contribution is 2.31. The van der Waals surface area contributed by atoms with Gasteiger partial charge in [-0.15, -0.1) is 0 Å². The van der Waals surface area contributed by atoms with Crippen molar-refractivity contribution in [2.75, 3.05) is 13.2 Å². The number of likely N-dealkylation sites (N-methyl/N-ethyl adjacent to an activating group) is 1. The quantitative estimate of drug-likeness (QED) is 0.793. The zero-order valence-electron chi connectivity index (χ0n) is 11.7. The van der Waals surface area contributed by atoms with E-state index >= 15 is 0 Å². The van der Waals surface area contributed by atoms with E-state index in [1.807, 2.05) is 24.9 Å². The van der Waals surface area contributed by atoms with E-state index in [2.05, 4.69) is 37.3 Å². The first-order valence-electron chi connectivity index (χ1n) is 6.44. The van der Waals surface area contributed by atoms with Crippen LogP contribution in [-0.4, -0.2) is 28.5 Å². The van der Waals surface area contributed by atoms with Crippen molar-refractivity contribution in [3.63, 3.8) is 0 Å². The second-order valence-electron chi connectivity index (χ2n) is 4.50. The van der Waals surface area contributed by atoms with Crippen LogP contribution in [0.4, 0.5) is 0 Å². The van der Waals surface area contributed by atoms with Gasteiger partial charge in [0.2, 0.25) is 0 Å². The largest absolute Gasteiger partial charge is 0.374 e. The van der Waals surface area contributed by atoms with Gasteiger partial charge in [0.1, 0.15) is 0 Å². The van der Waals surface area contributed by atoms with Crippen molar-refractivity contribution in [2.45, 2.75) is 45.8 Å². The number of ether oxygens (including phenoxy) is 1. The van der Waals surface area contributed by atoms with Gasteiger partial charge < -0.3 is 10.1 Å². The molecule has 0 radical (unpaired) electrons. The Morgan fingerprint density at radius 1 is 1.47 bits per heavy atom. The molecule has 1 aromatic heterocycles. The van der Waals surface area contributed by atoms with E-state index in [0.717, 1.165) is 25.3 Å². The van der Waals surface area contributed by atoms with E-state index in [-0.39, 0.29) is 11.6 Å². The number of nitrogens with one attached hydrogen (secondary N) is 1. The monoisotopic (exact) mass is 239 g/mol. The van der Waals surface area contributed by atoms with Crippen molar-refractivity contribution in [2.24, 2.45) is 7.05 Å². The topological polar surface area (TPSA) is 39.1 Å². The summed E-state index contributed by atoms with van der Waals surface area (Å²) in [5.41, 5.74) is 0.839. The van der Waals surface area contributed by atoms with E-state index < -0.39 is 0 Å². The lowest BCUT2D eigenvalue weighted by Crippen LogP contribution is -2.43. The molecule has 98 valence electrons. The van der Waals surface area contributed by atoms with Gasteiger partial charge in [-0.05, 0) is 32.9 Å². The fourth-order valence-electron chi connectivity index (χ4n) is 2.14. The van der Waals surface area contributed by atoms with Gasteiger partial charge in [0.15, 0.2) is 0 Å². The minimum atomic E-state index is -0.209. The molecule has 4 nitrogen and oxygen atoms in total. The van der Waals surface area contributed by atoms with Crippen molar-refractivity contribution in [3.05, 3.63) is 18.0 Å². The lowest BCUT2D eigenvalue weighted by atomic mass is 9.90. The smallest absolute Gasteiger partial charge is 0.0861 e. The molecule has 17 heavy (non-hydrogen) atoms. The third-order valence-electron chi connectivity index (χ3n) is 3.22. The summed E-state index contributed by atoms with van der Waals surface area (Å²) in [7, 11) is 1.94. The van der Waals surface area contributed by atoms with Crippen LogP contribution in [0.2, 0.25) is 0 Å². The molecule has 4 heteroatoms. The Labute approximate surface area is 104 Å². The Morgan fingerprint density at radius 2 is 2.18 bits per heavy atom. The highest BCUT2D eigenvalue weighted by molar-refractivity contribution is 5.11. The van der Waals surface area contributed by atoms with Gasteiger partial charge >= 0.3 is 0 Å². The van der Waals surface area contributed by atoms with Crippen molar-refractivity contribution < 1.29 is 4.74 Å². The van der Waals surface area contributed by atoms with Gasteiger partial charge in [-0.3, -0.25) is 4.68 Å². The van der Waals surface area contributed by atoms with Crippen LogP contribution in [0.5, 0.6) is 0 Å². The van der Waals surface area contributed by atoms with Gasteiger partial charge in [-0.1, -0.05) is 13.8 Å². The second kappa shape index (κ2) is 6.17. The molecule has 1 rings (SSSR count). The Hall–Kier alpha value is -0.870. The average Bonchev–Trinajstić information content (AvgIpc) is 2.72. The molecular formula is C13H25N3O. The van der Waals surface area contributed by atoms with E-state index in [4.69, 9.17) is 4.74 Å². The molecule has 0 fully saturated rings. The molecule has 1 aromatic rings. The maximum Gasteiger partial charge on any atom is 0.0861 e. The van der Waals surface area contributed by atoms with Gasteiger partial charge in [0, 0.05) is 19.9 Å². The molecule has 0 aromatic carbocycles. The van der Waals surface area contributed by atoms with Crippen molar-refractivity contribution in [1.82, 2.24) is 15.1 Å². The first-order chi connectivity index (χ1) is 8.07. The van der Waals surface area contributed by atoms with E-state index in [0.29, 0.717) is 0 Å². The summed E-state index contributed by atoms with van der Waals surface area (Å²) in [6.07, 6.45) is 2.93. The molecule has 0 aliphatic carbocycles.